The Morgan fingerprint density at radius 3 is 2.84 bits per heavy atom. The third kappa shape index (κ3) is 2.90. The maximum absolute atomic E-state index is 15.0. The van der Waals surface area contributed by atoms with Gasteiger partial charge in [-0.1, -0.05) is 6.08 Å². The molecule has 4 amide bonds. The Labute approximate surface area is 181 Å². The number of carbonyl (C=O) groups is 3. The van der Waals surface area contributed by atoms with E-state index in [9.17, 15) is 18.8 Å². The van der Waals surface area contributed by atoms with Gasteiger partial charge in [0.05, 0.1) is 25.4 Å². The van der Waals surface area contributed by atoms with Gasteiger partial charge in [0.15, 0.2) is 22.7 Å². The van der Waals surface area contributed by atoms with E-state index in [1.54, 1.807) is 18.2 Å². The number of aromatic nitrogens is 1. The molecule has 2 aromatic heterocycles. The molecule has 0 bridgehead atoms. The van der Waals surface area contributed by atoms with E-state index < -0.39 is 29.2 Å². The van der Waals surface area contributed by atoms with Crippen molar-refractivity contribution < 1.29 is 27.9 Å². The number of urea groups is 1. The molecule has 0 radical (unpaired) electrons. The summed E-state index contributed by atoms with van der Waals surface area (Å²) in [4.78, 5) is 43.7. The van der Waals surface area contributed by atoms with Gasteiger partial charge in [0.1, 0.15) is 5.76 Å². The van der Waals surface area contributed by atoms with Gasteiger partial charge in [-0.3, -0.25) is 19.9 Å². The first-order chi connectivity index (χ1) is 15.3. The maximum atomic E-state index is 15.0. The van der Waals surface area contributed by atoms with Crippen LogP contribution in [0.2, 0.25) is 0 Å². The van der Waals surface area contributed by atoms with Crippen LogP contribution in [0.4, 0.5) is 9.18 Å². The Kier molecular flexibility index (Phi) is 4.40. The molecule has 0 spiro atoms. The first kappa shape index (κ1) is 20.0. The molecule has 1 fully saturated rings. The second kappa shape index (κ2) is 7.04. The molecule has 5 rings (SSSR count). The van der Waals surface area contributed by atoms with Crippen LogP contribution in [0.25, 0.3) is 11.0 Å². The summed E-state index contributed by atoms with van der Waals surface area (Å²) in [6, 6.07) is 2.72. The van der Waals surface area contributed by atoms with E-state index in [0.717, 1.165) is 5.69 Å². The minimum absolute atomic E-state index is 0.0352. The van der Waals surface area contributed by atoms with Crippen LogP contribution in [-0.4, -0.2) is 47.9 Å². The summed E-state index contributed by atoms with van der Waals surface area (Å²) in [5.74, 6) is -1.87. The molecule has 1 saturated heterocycles. The summed E-state index contributed by atoms with van der Waals surface area (Å²) >= 11 is 0. The first-order valence-corrected chi connectivity index (χ1v) is 9.94. The molecule has 10 heteroatoms. The molecule has 0 aromatic carbocycles. The molecule has 9 nitrogen and oxygen atoms in total. The number of nitrogens with zero attached hydrogens (tertiary/aromatic N) is 2. The Bertz CT molecular complexity index is 1290. The van der Waals surface area contributed by atoms with E-state index in [1.807, 2.05) is 6.92 Å². The summed E-state index contributed by atoms with van der Waals surface area (Å²) in [6.07, 6.45) is 5.09. The lowest BCUT2D eigenvalue weighted by molar-refractivity contribution is -0.130. The van der Waals surface area contributed by atoms with Crippen molar-refractivity contribution in [1.82, 2.24) is 20.5 Å². The smallest absolute Gasteiger partial charge is 0.322 e. The zero-order chi connectivity index (χ0) is 22.6. The van der Waals surface area contributed by atoms with Gasteiger partial charge < -0.3 is 19.4 Å². The van der Waals surface area contributed by atoms with Crippen LogP contribution in [0, 0.1) is 6.92 Å². The van der Waals surface area contributed by atoms with Crippen molar-refractivity contribution >= 4 is 28.8 Å². The summed E-state index contributed by atoms with van der Waals surface area (Å²) in [6.45, 7) is 1.69. The van der Waals surface area contributed by atoms with Gasteiger partial charge in [-0.2, -0.15) is 0 Å². The van der Waals surface area contributed by atoms with Gasteiger partial charge in [0.2, 0.25) is 0 Å². The number of furan rings is 1. The number of aryl methyl sites for hydroxylation is 1. The SMILES string of the molecule is COC1=C(F)C2=C(CC=C1)CN(C[C@@]1(c3cc4cc(C)ncc4o3)NC(=O)NC1=O)C2=O. The van der Waals surface area contributed by atoms with Crippen molar-refractivity contribution in [2.45, 2.75) is 18.9 Å². The molecule has 3 aliphatic rings. The Morgan fingerprint density at radius 2 is 2.12 bits per heavy atom. The van der Waals surface area contributed by atoms with Crippen LogP contribution < -0.4 is 10.6 Å². The molecule has 2 N–H and O–H groups in total. The molecule has 32 heavy (non-hydrogen) atoms. The Balaban J connectivity index is 1.53. The molecule has 2 aliphatic heterocycles. The molecular weight excluding hydrogens is 419 g/mol. The highest BCUT2D eigenvalue weighted by atomic mass is 19.1. The summed E-state index contributed by atoms with van der Waals surface area (Å²) in [5, 5.41) is 5.53. The van der Waals surface area contributed by atoms with E-state index in [4.69, 9.17) is 9.15 Å². The number of nitrogens with one attached hydrogen (secondary N) is 2. The van der Waals surface area contributed by atoms with Crippen LogP contribution >= 0.6 is 0 Å². The lowest BCUT2D eigenvalue weighted by Crippen LogP contribution is -2.53. The summed E-state index contributed by atoms with van der Waals surface area (Å²) in [5.41, 5.74) is 0.0243. The van der Waals surface area contributed by atoms with Gasteiger partial charge in [-0.25, -0.2) is 9.18 Å². The number of amides is 4. The number of rotatable bonds is 4. The fourth-order valence-corrected chi connectivity index (χ4v) is 4.30. The fraction of sp³-hybridized carbons (Fsp3) is 0.273. The topological polar surface area (TPSA) is 114 Å². The second-order valence-corrected chi connectivity index (χ2v) is 7.92. The highest BCUT2D eigenvalue weighted by Gasteiger charge is 2.53. The number of fused-ring (bicyclic) bond motifs is 1. The van der Waals surface area contributed by atoms with Crippen LogP contribution in [-0.2, 0) is 19.9 Å². The first-order valence-electron chi connectivity index (χ1n) is 9.94. The number of hydrogen-bond acceptors (Lipinski definition) is 6. The van der Waals surface area contributed by atoms with E-state index >= 15 is 0 Å². The Hall–Kier alpha value is -3.95. The van der Waals surface area contributed by atoms with Crippen molar-refractivity contribution in [1.29, 1.82) is 0 Å². The maximum Gasteiger partial charge on any atom is 0.322 e. The molecule has 1 atom stereocenters. The average Bonchev–Trinajstić information content (AvgIpc) is 3.35. The van der Waals surface area contributed by atoms with Gasteiger partial charge in [-0.15, -0.1) is 0 Å². The predicted octanol–water partition coefficient (Wildman–Crippen LogP) is 2.10. The predicted molar refractivity (Wildman–Crippen MR) is 110 cm³/mol. The highest BCUT2D eigenvalue weighted by molar-refractivity contribution is 6.08. The number of halogens is 1. The minimum Gasteiger partial charge on any atom is -0.494 e. The van der Waals surface area contributed by atoms with Crippen LogP contribution in [0.1, 0.15) is 17.9 Å². The number of methoxy groups -OCH3 is 1. The number of imide groups is 1. The number of carbonyl (C=O) groups excluding carboxylic acids is 3. The molecule has 0 unspecified atom stereocenters. The van der Waals surface area contributed by atoms with Crippen LogP contribution in [0.3, 0.4) is 0 Å². The van der Waals surface area contributed by atoms with Crippen LogP contribution in [0.15, 0.2) is 57.6 Å². The van der Waals surface area contributed by atoms with Crippen molar-refractivity contribution in [2.75, 3.05) is 20.2 Å². The van der Waals surface area contributed by atoms with Gasteiger partial charge in [0.25, 0.3) is 11.8 Å². The monoisotopic (exact) mass is 438 g/mol. The number of ether oxygens (including phenoxy) is 1. The van der Waals surface area contributed by atoms with Crippen molar-refractivity contribution in [3.05, 3.63) is 64.7 Å². The van der Waals surface area contributed by atoms with Crippen molar-refractivity contribution in [3.8, 4) is 0 Å². The molecule has 2 aromatic rings. The van der Waals surface area contributed by atoms with E-state index in [1.165, 1.54) is 24.3 Å². The molecule has 4 heterocycles. The molecule has 0 saturated carbocycles. The lowest BCUT2D eigenvalue weighted by Gasteiger charge is -2.29. The Morgan fingerprint density at radius 1 is 1.31 bits per heavy atom. The van der Waals surface area contributed by atoms with Crippen LogP contribution in [0.5, 0.6) is 0 Å². The number of allylic oxidation sites excluding steroid dienone is 2. The number of hydrogen-bond donors (Lipinski definition) is 2. The third-order valence-corrected chi connectivity index (χ3v) is 5.86. The largest absolute Gasteiger partial charge is 0.494 e. The summed E-state index contributed by atoms with van der Waals surface area (Å²) in [7, 11) is 1.33. The third-order valence-electron chi connectivity index (χ3n) is 5.86. The molecular formula is C22H19FN4O5. The van der Waals surface area contributed by atoms with Gasteiger partial charge >= 0.3 is 6.03 Å². The fourth-order valence-electron chi connectivity index (χ4n) is 4.30. The highest BCUT2D eigenvalue weighted by Crippen LogP contribution is 2.37. The lowest BCUT2D eigenvalue weighted by atomic mass is 9.95. The second-order valence-electron chi connectivity index (χ2n) is 7.92. The summed E-state index contributed by atoms with van der Waals surface area (Å²) < 4.78 is 25.9. The zero-order valence-corrected chi connectivity index (χ0v) is 17.3. The molecule has 164 valence electrons. The van der Waals surface area contributed by atoms with Crippen molar-refractivity contribution in [3.63, 3.8) is 0 Å². The van der Waals surface area contributed by atoms with Crippen molar-refractivity contribution in [2.24, 2.45) is 0 Å². The van der Waals surface area contributed by atoms with E-state index in [-0.39, 0.29) is 30.2 Å². The number of pyridine rings is 1. The zero-order valence-electron chi connectivity index (χ0n) is 17.3. The quantitative estimate of drug-likeness (QED) is 0.707. The van der Waals surface area contributed by atoms with Gasteiger partial charge in [-0.05, 0) is 37.1 Å². The minimum atomic E-state index is -1.66. The molecule has 1 aliphatic carbocycles. The normalized spacial score (nSPS) is 23.1. The van der Waals surface area contributed by atoms with E-state index in [0.29, 0.717) is 23.0 Å². The average molecular weight is 438 g/mol. The van der Waals surface area contributed by atoms with E-state index in [2.05, 4.69) is 15.6 Å². The van der Waals surface area contributed by atoms with Gasteiger partial charge in [0, 0.05) is 17.6 Å². The standard InChI is InChI=1S/C22H19FN4O5/c1-11-6-13-7-16(32-15(13)8-24-11)22(20(29)25-21(30)26-22)10-27-9-12-4-3-5-14(31-2)18(23)17(12)19(27)28/h3,5-8H,4,9-10H2,1-2H3,(H2,25,26,29,30)/t22-/m0/s1.